The highest BCUT2D eigenvalue weighted by Gasteiger charge is 2.28. The van der Waals surface area contributed by atoms with Crippen LogP contribution in [0.1, 0.15) is 12.5 Å². The number of aliphatic hydroxyl groups is 1. The van der Waals surface area contributed by atoms with Crippen LogP contribution in [0.25, 0.3) is 0 Å². The second-order valence-corrected chi connectivity index (χ2v) is 5.51. The molecule has 0 saturated carbocycles. The lowest BCUT2D eigenvalue weighted by atomic mass is 10.1. The molecule has 0 amide bonds. The molecule has 1 fully saturated rings. The number of nitrogens with zero attached hydrogens (tertiary/aromatic N) is 1. The van der Waals surface area contributed by atoms with E-state index >= 15 is 0 Å². The smallest absolute Gasteiger partial charge is 0.160 e. The van der Waals surface area contributed by atoms with Gasteiger partial charge in [-0.05, 0) is 34.5 Å². The molecule has 1 aliphatic rings. The molecule has 2 unspecified atom stereocenters. The molecule has 0 radical (unpaired) electrons. The van der Waals surface area contributed by atoms with E-state index < -0.39 is 0 Å². The van der Waals surface area contributed by atoms with Gasteiger partial charge in [-0.2, -0.15) is 0 Å². The Morgan fingerprint density at radius 3 is 2.95 bits per heavy atom. The molecule has 1 saturated heterocycles. The topological polar surface area (TPSA) is 58.7 Å². The van der Waals surface area contributed by atoms with Gasteiger partial charge in [-0.25, -0.2) is 4.39 Å². The van der Waals surface area contributed by atoms with Crippen LogP contribution in [0, 0.1) is 5.82 Å². The zero-order valence-electron chi connectivity index (χ0n) is 10.8. The second kappa shape index (κ2) is 6.17. The third kappa shape index (κ3) is 2.91. The predicted molar refractivity (Wildman–Crippen MR) is 75.6 cm³/mol. The number of ether oxygens (including phenoxy) is 1. The van der Waals surface area contributed by atoms with Crippen molar-refractivity contribution in [2.75, 3.05) is 24.7 Å². The van der Waals surface area contributed by atoms with E-state index in [0.717, 1.165) is 5.56 Å². The van der Waals surface area contributed by atoms with Crippen molar-refractivity contribution in [1.82, 2.24) is 0 Å². The summed E-state index contributed by atoms with van der Waals surface area (Å²) in [6.45, 7) is 3.14. The van der Waals surface area contributed by atoms with E-state index in [1.54, 1.807) is 6.07 Å². The van der Waals surface area contributed by atoms with E-state index in [9.17, 15) is 9.50 Å². The van der Waals surface area contributed by atoms with Crippen molar-refractivity contribution in [1.29, 1.82) is 0 Å². The third-order valence-electron chi connectivity index (χ3n) is 3.38. The number of hydrogen-bond acceptors (Lipinski definition) is 4. The molecule has 1 aromatic rings. The Labute approximate surface area is 120 Å². The van der Waals surface area contributed by atoms with Crippen LogP contribution >= 0.6 is 15.9 Å². The summed E-state index contributed by atoms with van der Waals surface area (Å²) in [5, 5.41) is 9.18. The number of halogens is 2. The molecule has 1 aliphatic heterocycles. The summed E-state index contributed by atoms with van der Waals surface area (Å²) in [6.07, 6.45) is -0.274. The largest absolute Gasteiger partial charge is 0.394 e. The first-order valence-corrected chi connectivity index (χ1v) is 7.03. The molecule has 1 heterocycles. The van der Waals surface area contributed by atoms with Crippen molar-refractivity contribution in [3.05, 3.63) is 28.0 Å². The minimum absolute atomic E-state index is 0.0626. The van der Waals surface area contributed by atoms with E-state index in [2.05, 4.69) is 15.9 Å². The van der Waals surface area contributed by atoms with Gasteiger partial charge in [0.15, 0.2) is 5.82 Å². The van der Waals surface area contributed by atoms with Crippen molar-refractivity contribution in [3.8, 4) is 0 Å². The summed E-state index contributed by atoms with van der Waals surface area (Å²) in [5.74, 6) is -0.312. The maximum absolute atomic E-state index is 14.4. The Hall–Kier alpha value is -0.690. The molecule has 0 aromatic heterocycles. The van der Waals surface area contributed by atoms with E-state index in [0.29, 0.717) is 23.3 Å². The van der Waals surface area contributed by atoms with E-state index in [4.69, 9.17) is 10.5 Å². The lowest BCUT2D eigenvalue weighted by molar-refractivity contribution is -0.0105. The molecule has 4 nitrogen and oxygen atoms in total. The first-order chi connectivity index (χ1) is 9.08. The molecule has 0 spiro atoms. The Balaban J connectivity index is 2.32. The first-order valence-electron chi connectivity index (χ1n) is 6.24. The van der Waals surface area contributed by atoms with Crippen molar-refractivity contribution in [3.63, 3.8) is 0 Å². The summed E-state index contributed by atoms with van der Waals surface area (Å²) < 4.78 is 20.3. The zero-order valence-corrected chi connectivity index (χ0v) is 12.4. The van der Waals surface area contributed by atoms with Crippen LogP contribution in [0.3, 0.4) is 0 Å². The predicted octanol–water partition coefficient (Wildman–Crippen LogP) is 1.63. The van der Waals surface area contributed by atoms with Crippen LogP contribution in [0.5, 0.6) is 0 Å². The van der Waals surface area contributed by atoms with Crippen LogP contribution in [0.15, 0.2) is 16.6 Å². The number of benzene rings is 1. The fourth-order valence-electron chi connectivity index (χ4n) is 2.22. The number of aliphatic hydroxyl groups excluding tert-OH is 1. The molecule has 1 aromatic carbocycles. The Bertz CT molecular complexity index is 459. The SMILES string of the molecule is CC1COC(CO)CN1c1ccc(CN)c(Br)c1F. The molecular weight excluding hydrogens is 315 g/mol. The van der Waals surface area contributed by atoms with Crippen molar-refractivity contribution in [2.24, 2.45) is 5.73 Å². The molecular formula is C13H18BrFN2O2. The molecule has 19 heavy (non-hydrogen) atoms. The molecule has 0 aliphatic carbocycles. The fraction of sp³-hybridized carbons (Fsp3) is 0.538. The van der Waals surface area contributed by atoms with Crippen LogP contribution in [0.2, 0.25) is 0 Å². The monoisotopic (exact) mass is 332 g/mol. The van der Waals surface area contributed by atoms with Crippen LogP contribution in [-0.4, -0.2) is 37.0 Å². The highest BCUT2D eigenvalue weighted by molar-refractivity contribution is 9.10. The van der Waals surface area contributed by atoms with Crippen LogP contribution in [-0.2, 0) is 11.3 Å². The number of nitrogens with two attached hydrogens (primary N) is 1. The van der Waals surface area contributed by atoms with Gasteiger partial charge in [0.1, 0.15) is 0 Å². The molecule has 6 heteroatoms. The van der Waals surface area contributed by atoms with Gasteiger partial charge in [-0.3, -0.25) is 0 Å². The summed E-state index contributed by atoms with van der Waals surface area (Å²) in [6, 6.07) is 3.62. The summed E-state index contributed by atoms with van der Waals surface area (Å²) in [4.78, 5) is 1.92. The highest BCUT2D eigenvalue weighted by Crippen LogP contribution is 2.31. The number of anilines is 1. The normalized spacial score (nSPS) is 23.7. The molecule has 106 valence electrons. The molecule has 0 bridgehead atoms. The Morgan fingerprint density at radius 1 is 1.58 bits per heavy atom. The molecule has 2 atom stereocenters. The van der Waals surface area contributed by atoms with Crippen molar-refractivity contribution in [2.45, 2.75) is 25.6 Å². The Morgan fingerprint density at radius 2 is 2.32 bits per heavy atom. The van der Waals surface area contributed by atoms with Gasteiger partial charge in [0, 0.05) is 19.1 Å². The van der Waals surface area contributed by atoms with Crippen LogP contribution in [0.4, 0.5) is 10.1 Å². The van der Waals surface area contributed by atoms with E-state index in [1.165, 1.54) is 0 Å². The number of morpholine rings is 1. The van der Waals surface area contributed by atoms with Gasteiger partial charge in [0.2, 0.25) is 0 Å². The quantitative estimate of drug-likeness (QED) is 0.883. The van der Waals surface area contributed by atoms with E-state index in [-0.39, 0.29) is 31.1 Å². The van der Waals surface area contributed by atoms with Gasteiger partial charge < -0.3 is 20.5 Å². The highest BCUT2D eigenvalue weighted by atomic mass is 79.9. The Kier molecular flexibility index (Phi) is 4.78. The van der Waals surface area contributed by atoms with Crippen molar-refractivity contribution >= 4 is 21.6 Å². The van der Waals surface area contributed by atoms with Crippen LogP contribution < -0.4 is 10.6 Å². The first kappa shape index (κ1) is 14.7. The summed E-state index contributed by atoms with van der Waals surface area (Å²) in [7, 11) is 0. The average molecular weight is 333 g/mol. The zero-order chi connectivity index (χ0) is 14.0. The van der Waals surface area contributed by atoms with Gasteiger partial charge in [-0.1, -0.05) is 6.07 Å². The number of hydrogen-bond donors (Lipinski definition) is 2. The maximum atomic E-state index is 14.4. The third-order valence-corrected chi connectivity index (χ3v) is 4.24. The summed E-state index contributed by atoms with van der Waals surface area (Å²) >= 11 is 3.25. The molecule has 3 N–H and O–H groups in total. The van der Waals surface area contributed by atoms with Gasteiger partial charge in [-0.15, -0.1) is 0 Å². The lowest BCUT2D eigenvalue weighted by Gasteiger charge is -2.39. The van der Waals surface area contributed by atoms with Crippen molar-refractivity contribution < 1.29 is 14.2 Å². The lowest BCUT2D eigenvalue weighted by Crippen LogP contribution is -2.50. The second-order valence-electron chi connectivity index (χ2n) is 4.72. The fourth-order valence-corrected chi connectivity index (χ4v) is 2.72. The van der Waals surface area contributed by atoms with Gasteiger partial charge >= 0.3 is 0 Å². The maximum Gasteiger partial charge on any atom is 0.160 e. The minimum Gasteiger partial charge on any atom is -0.394 e. The van der Waals surface area contributed by atoms with E-state index in [1.807, 2.05) is 17.9 Å². The van der Waals surface area contributed by atoms with Gasteiger partial charge in [0.25, 0.3) is 0 Å². The standard InChI is InChI=1S/C13H18BrFN2O2/c1-8-7-19-10(6-18)5-17(8)11-3-2-9(4-16)12(14)13(11)15/h2-3,8,10,18H,4-7,16H2,1H3. The summed E-state index contributed by atoms with van der Waals surface area (Å²) in [5.41, 5.74) is 6.80. The average Bonchev–Trinajstić information content (AvgIpc) is 2.43. The minimum atomic E-state index is -0.312. The van der Waals surface area contributed by atoms with Gasteiger partial charge in [0.05, 0.1) is 29.5 Å². The molecule has 2 rings (SSSR count). The number of rotatable bonds is 3.